The van der Waals surface area contributed by atoms with Crippen LogP contribution in [-0.4, -0.2) is 62.5 Å². The Balaban J connectivity index is 2.01. The maximum Gasteiger partial charge on any atom is 0.327 e. The molecule has 1 aromatic rings. The maximum atomic E-state index is 12.1. The molecule has 0 aliphatic carbocycles. The Labute approximate surface area is 128 Å². The van der Waals surface area contributed by atoms with Gasteiger partial charge in [-0.15, -0.1) is 0 Å². The number of aromatic nitrogens is 3. The number of urea groups is 1. The van der Waals surface area contributed by atoms with Gasteiger partial charge in [-0.3, -0.25) is 14.5 Å². The number of imide groups is 1. The Bertz CT molecular complexity index is 584. The largest absolute Gasteiger partial charge is 0.345 e. The number of nitrogens with one attached hydrogen (secondary N) is 1. The van der Waals surface area contributed by atoms with E-state index in [1.165, 1.54) is 18.3 Å². The molecule has 0 aromatic carbocycles. The lowest BCUT2D eigenvalue weighted by Crippen LogP contribution is -2.42. The van der Waals surface area contributed by atoms with Gasteiger partial charge in [0.1, 0.15) is 25.2 Å². The van der Waals surface area contributed by atoms with Crippen LogP contribution in [0.4, 0.5) is 4.79 Å². The highest BCUT2D eigenvalue weighted by Gasteiger charge is 2.35. The summed E-state index contributed by atoms with van der Waals surface area (Å²) in [4.78, 5) is 42.0. The van der Waals surface area contributed by atoms with Gasteiger partial charge in [0.15, 0.2) is 0 Å². The fourth-order valence-electron chi connectivity index (χ4n) is 2.34. The number of hydrogen-bond acceptors (Lipinski definition) is 5. The van der Waals surface area contributed by atoms with E-state index in [0.29, 0.717) is 18.8 Å². The van der Waals surface area contributed by atoms with Crippen molar-refractivity contribution in [3.8, 4) is 0 Å². The monoisotopic (exact) mass is 308 g/mol. The Morgan fingerprint density at radius 2 is 2.14 bits per heavy atom. The van der Waals surface area contributed by atoms with Crippen molar-refractivity contribution in [1.29, 1.82) is 0 Å². The highest BCUT2D eigenvalue weighted by molar-refractivity contribution is 6.04. The van der Waals surface area contributed by atoms with Crippen LogP contribution in [0, 0.1) is 0 Å². The van der Waals surface area contributed by atoms with Gasteiger partial charge in [0, 0.05) is 13.6 Å². The molecule has 1 aliphatic heterocycles. The molecule has 1 N–H and O–H groups in total. The minimum Gasteiger partial charge on any atom is -0.345 e. The summed E-state index contributed by atoms with van der Waals surface area (Å²) in [6.07, 6.45) is 2.07. The Morgan fingerprint density at radius 3 is 2.68 bits per heavy atom. The third-order valence-electron chi connectivity index (χ3n) is 3.53. The molecule has 1 unspecified atom stereocenters. The molecule has 1 fully saturated rings. The van der Waals surface area contributed by atoms with Gasteiger partial charge in [-0.05, 0) is 13.3 Å². The van der Waals surface area contributed by atoms with Crippen molar-refractivity contribution in [2.24, 2.45) is 0 Å². The summed E-state index contributed by atoms with van der Waals surface area (Å²) in [6, 6.07) is -0.759. The molecular weight excluding hydrogens is 288 g/mol. The molecule has 9 nitrogen and oxygen atoms in total. The second kappa shape index (κ2) is 6.54. The van der Waals surface area contributed by atoms with E-state index in [9.17, 15) is 14.4 Å². The molecule has 0 spiro atoms. The van der Waals surface area contributed by atoms with Crippen LogP contribution in [0.25, 0.3) is 0 Å². The van der Waals surface area contributed by atoms with Crippen LogP contribution in [0.5, 0.6) is 0 Å². The Kier molecular flexibility index (Phi) is 4.74. The number of carbonyl (C=O) groups excluding carboxylic acids is 3. The van der Waals surface area contributed by atoms with E-state index in [1.807, 2.05) is 13.8 Å². The molecule has 1 atom stereocenters. The van der Waals surface area contributed by atoms with E-state index in [2.05, 4.69) is 15.4 Å². The number of nitrogens with zero attached hydrogens (tertiary/aromatic N) is 5. The number of rotatable bonds is 6. The van der Waals surface area contributed by atoms with Crippen LogP contribution < -0.4 is 5.32 Å². The molecular formula is C13H20N6O3. The SMILES string of the molecule is CCC(NC(=O)CN1C(=O)CN(C)C1=O)c1ncnn1CC. The third-order valence-corrected chi connectivity index (χ3v) is 3.53. The standard InChI is InChI=1S/C13H20N6O3/c1-4-9(12-14-8-15-19(12)5-2)16-10(20)6-18-11(21)7-17(3)13(18)22/h8-9H,4-7H2,1-3H3,(H,16,20). The quantitative estimate of drug-likeness (QED) is 0.731. The number of hydrogen-bond donors (Lipinski definition) is 1. The molecule has 0 bridgehead atoms. The minimum atomic E-state index is -0.454. The maximum absolute atomic E-state index is 12.1. The van der Waals surface area contributed by atoms with Gasteiger partial charge in [0.05, 0.1) is 6.04 Å². The summed E-state index contributed by atoms with van der Waals surface area (Å²) in [7, 11) is 1.52. The molecule has 1 aromatic heterocycles. The van der Waals surface area contributed by atoms with E-state index in [0.717, 1.165) is 4.90 Å². The zero-order valence-corrected chi connectivity index (χ0v) is 12.9. The van der Waals surface area contributed by atoms with Crippen molar-refractivity contribution in [2.75, 3.05) is 20.1 Å². The van der Waals surface area contributed by atoms with Crippen LogP contribution in [0.3, 0.4) is 0 Å². The normalized spacial score (nSPS) is 16.3. The average molecular weight is 308 g/mol. The molecule has 22 heavy (non-hydrogen) atoms. The highest BCUT2D eigenvalue weighted by Crippen LogP contribution is 2.14. The van der Waals surface area contributed by atoms with Gasteiger partial charge in [0.25, 0.3) is 5.91 Å². The van der Waals surface area contributed by atoms with E-state index >= 15 is 0 Å². The zero-order chi connectivity index (χ0) is 16.3. The van der Waals surface area contributed by atoms with Gasteiger partial charge in [-0.2, -0.15) is 5.10 Å². The molecule has 0 radical (unpaired) electrons. The summed E-state index contributed by atoms with van der Waals surface area (Å²) in [6.45, 7) is 4.23. The minimum absolute atomic E-state index is 0.00742. The summed E-state index contributed by atoms with van der Waals surface area (Å²) in [5.74, 6) is -0.100. The number of likely N-dealkylation sites (N-methyl/N-ethyl adjacent to an activating group) is 1. The lowest BCUT2D eigenvalue weighted by Gasteiger charge is -2.19. The second-order valence-corrected chi connectivity index (χ2v) is 5.08. The first-order valence-electron chi connectivity index (χ1n) is 7.20. The van der Waals surface area contributed by atoms with E-state index in [1.54, 1.807) is 4.68 Å². The van der Waals surface area contributed by atoms with Crippen LogP contribution >= 0.6 is 0 Å². The molecule has 2 heterocycles. The van der Waals surface area contributed by atoms with Crippen LogP contribution in [0.1, 0.15) is 32.1 Å². The van der Waals surface area contributed by atoms with Crippen molar-refractivity contribution < 1.29 is 14.4 Å². The molecule has 4 amide bonds. The molecule has 1 aliphatic rings. The molecule has 0 saturated carbocycles. The fraction of sp³-hybridized carbons (Fsp3) is 0.615. The van der Waals surface area contributed by atoms with E-state index in [-0.39, 0.29) is 25.0 Å². The predicted octanol–water partition coefficient (Wildman–Crippen LogP) is -0.241. The third kappa shape index (κ3) is 3.07. The zero-order valence-electron chi connectivity index (χ0n) is 12.9. The van der Waals surface area contributed by atoms with Gasteiger partial charge in [-0.1, -0.05) is 6.92 Å². The lowest BCUT2D eigenvalue weighted by atomic mass is 10.2. The number of aryl methyl sites for hydroxylation is 1. The van der Waals surface area contributed by atoms with Crippen molar-refractivity contribution >= 4 is 17.8 Å². The lowest BCUT2D eigenvalue weighted by molar-refractivity contribution is -0.131. The highest BCUT2D eigenvalue weighted by atomic mass is 16.2. The summed E-state index contributed by atoms with van der Waals surface area (Å²) in [5, 5.41) is 6.88. The van der Waals surface area contributed by atoms with Gasteiger partial charge < -0.3 is 10.2 Å². The predicted molar refractivity (Wildman–Crippen MR) is 76.6 cm³/mol. The first kappa shape index (κ1) is 15.9. The summed E-state index contributed by atoms with van der Waals surface area (Å²) < 4.78 is 1.70. The van der Waals surface area contributed by atoms with Crippen LogP contribution in [0.2, 0.25) is 0 Å². The smallest absolute Gasteiger partial charge is 0.327 e. The van der Waals surface area contributed by atoms with Crippen LogP contribution in [-0.2, 0) is 16.1 Å². The average Bonchev–Trinajstić information content (AvgIpc) is 3.05. The summed E-state index contributed by atoms with van der Waals surface area (Å²) in [5.41, 5.74) is 0. The summed E-state index contributed by atoms with van der Waals surface area (Å²) >= 11 is 0. The molecule has 2 rings (SSSR count). The fourth-order valence-corrected chi connectivity index (χ4v) is 2.34. The Morgan fingerprint density at radius 1 is 1.41 bits per heavy atom. The van der Waals surface area contributed by atoms with Gasteiger partial charge in [0.2, 0.25) is 5.91 Å². The number of amides is 4. The second-order valence-electron chi connectivity index (χ2n) is 5.08. The van der Waals surface area contributed by atoms with Crippen molar-refractivity contribution in [1.82, 2.24) is 29.9 Å². The van der Waals surface area contributed by atoms with Gasteiger partial charge in [-0.25, -0.2) is 14.5 Å². The first-order chi connectivity index (χ1) is 10.5. The van der Waals surface area contributed by atoms with E-state index < -0.39 is 11.9 Å². The first-order valence-corrected chi connectivity index (χ1v) is 7.20. The van der Waals surface area contributed by atoms with Crippen molar-refractivity contribution in [3.05, 3.63) is 12.2 Å². The number of carbonyl (C=O) groups is 3. The van der Waals surface area contributed by atoms with Crippen molar-refractivity contribution in [2.45, 2.75) is 32.9 Å². The molecule has 9 heteroatoms. The van der Waals surface area contributed by atoms with E-state index in [4.69, 9.17) is 0 Å². The van der Waals surface area contributed by atoms with Crippen LogP contribution in [0.15, 0.2) is 6.33 Å². The topological polar surface area (TPSA) is 100 Å². The van der Waals surface area contributed by atoms with Gasteiger partial charge >= 0.3 is 6.03 Å². The molecule has 120 valence electrons. The van der Waals surface area contributed by atoms with Crippen molar-refractivity contribution in [3.63, 3.8) is 0 Å². The Hall–Kier alpha value is -2.45. The molecule has 1 saturated heterocycles.